The van der Waals surface area contributed by atoms with Gasteiger partial charge in [-0.1, -0.05) is 23.7 Å². The van der Waals surface area contributed by atoms with Gasteiger partial charge in [-0.15, -0.1) is 0 Å². The van der Waals surface area contributed by atoms with Crippen LogP contribution in [0.25, 0.3) is 0 Å². The number of amides is 1. The van der Waals surface area contributed by atoms with Crippen LogP contribution in [0, 0.1) is 10.8 Å². The Morgan fingerprint density at radius 1 is 1.08 bits per heavy atom. The minimum Gasteiger partial charge on any atom is -0.481 e. The van der Waals surface area contributed by atoms with Gasteiger partial charge in [0.05, 0.1) is 17.4 Å². The predicted octanol–water partition coefficient (Wildman–Crippen LogP) is 0.860. The van der Waals surface area contributed by atoms with Crippen molar-refractivity contribution >= 4 is 29.4 Å². The predicted molar refractivity (Wildman–Crippen MR) is 89.4 cm³/mol. The zero-order valence-corrected chi connectivity index (χ0v) is 14.3. The molecule has 2 aliphatic rings. The standard InChI is InChI=1S/C17H19ClN2O5/c18-12-3-1-11(2-4-12)5-6-19-13(21)7-20-9-16(14(22)23)8-17(16,10-20)15(24)25/h1-4H,5-10H2,(H,19,21)(H,22,23)(H,24,25)/t16-,17+. The highest BCUT2D eigenvalue weighted by Gasteiger charge is 2.80. The number of nitrogens with zero attached hydrogens (tertiary/aromatic N) is 1. The van der Waals surface area contributed by atoms with Crippen LogP contribution in [0.1, 0.15) is 12.0 Å². The van der Waals surface area contributed by atoms with Crippen molar-refractivity contribution in [2.45, 2.75) is 12.8 Å². The molecule has 3 N–H and O–H groups in total. The highest BCUT2D eigenvalue weighted by molar-refractivity contribution is 6.30. The van der Waals surface area contributed by atoms with E-state index in [0.717, 1.165) is 5.56 Å². The van der Waals surface area contributed by atoms with Crippen molar-refractivity contribution in [1.82, 2.24) is 10.2 Å². The largest absolute Gasteiger partial charge is 0.481 e. The lowest BCUT2D eigenvalue weighted by Crippen LogP contribution is -2.39. The molecule has 25 heavy (non-hydrogen) atoms. The molecule has 1 saturated heterocycles. The van der Waals surface area contributed by atoms with Crippen LogP contribution in [0.15, 0.2) is 24.3 Å². The summed E-state index contributed by atoms with van der Waals surface area (Å²) in [5, 5.41) is 22.2. The van der Waals surface area contributed by atoms with Crippen LogP contribution >= 0.6 is 11.6 Å². The van der Waals surface area contributed by atoms with E-state index < -0.39 is 22.8 Å². The molecule has 0 radical (unpaired) electrons. The molecule has 7 nitrogen and oxygen atoms in total. The lowest BCUT2D eigenvalue weighted by molar-refractivity contribution is -0.151. The average molecular weight is 367 g/mol. The second-order valence-electron chi connectivity index (χ2n) is 6.82. The van der Waals surface area contributed by atoms with Crippen molar-refractivity contribution in [1.29, 1.82) is 0 Å². The molecule has 1 aromatic carbocycles. The first-order valence-electron chi connectivity index (χ1n) is 7.99. The van der Waals surface area contributed by atoms with Crippen molar-refractivity contribution in [3.05, 3.63) is 34.9 Å². The van der Waals surface area contributed by atoms with E-state index in [2.05, 4.69) is 5.32 Å². The number of aliphatic carboxylic acids is 2. The normalized spacial score (nSPS) is 27.6. The lowest BCUT2D eigenvalue weighted by atomic mass is 9.97. The molecule has 1 aliphatic carbocycles. The number of nitrogens with one attached hydrogen (secondary N) is 1. The number of carboxylic acids is 2. The number of piperidine rings is 1. The van der Waals surface area contributed by atoms with E-state index in [0.29, 0.717) is 18.0 Å². The lowest BCUT2D eigenvalue weighted by Gasteiger charge is -2.18. The van der Waals surface area contributed by atoms with Crippen LogP contribution in [-0.2, 0) is 20.8 Å². The van der Waals surface area contributed by atoms with E-state index in [-0.39, 0.29) is 32.0 Å². The summed E-state index contributed by atoms with van der Waals surface area (Å²) in [6, 6.07) is 7.34. The summed E-state index contributed by atoms with van der Waals surface area (Å²) in [7, 11) is 0. The molecule has 1 heterocycles. The third-order valence-electron chi connectivity index (χ3n) is 5.22. The van der Waals surface area contributed by atoms with Crippen molar-refractivity contribution in [3.8, 4) is 0 Å². The van der Waals surface area contributed by atoms with Crippen LogP contribution in [0.3, 0.4) is 0 Å². The Morgan fingerprint density at radius 2 is 1.64 bits per heavy atom. The maximum absolute atomic E-state index is 12.0. The highest BCUT2D eigenvalue weighted by atomic mass is 35.5. The van der Waals surface area contributed by atoms with Gasteiger partial charge in [-0.3, -0.25) is 19.3 Å². The number of likely N-dealkylation sites (tertiary alicyclic amines) is 1. The van der Waals surface area contributed by atoms with Gasteiger partial charge >= 0.3 is 11.9 Å². The van der Waals surface area contributed by atoms with E-state index in [1.165, 1.54) is 0 Å². The molecular formula is C17H19ClN2O5. The summed E-state index contributed by atoms with van der Waals surface area (Å²) in [4.78, 5) is 36.6. The summed E-state index contributed by atoms with van der Waals surface area (Å²) in [5.41, 5.74) is -1.45. The van der Waals surface area contributed by atoms with Gasteiger partial charge in [0, 0.05) is 24.7 Å². The zero-order valence-electron chi connectivity index (χ0n) is 13.5. The van der Waals surface area contributed by atoms with Crippen molar-refractivity contribution in [3.63, 3.8) is 0 Å². The number of hydrogen-bond donors (Lipinski definition) is 3. The molecule has 0 unspecified atom stereocenters. The van der Waals surface area contributed by atoms with Gasteiger partial charge in [-0.05, 0) is 30.5 Å². The van der Waals surface area contributed by atoms with Crippen LogP contribution in [-0.4, -0.2) is 59.1 Å². The molecular weight excluding hydrogens is 348 g/mol. The van der Waals surface area contributed by atoms with Crippen molar-refractivity contribution < 1.29 is 24.6 Å². The number of hydrogen-bond acceptors (Lipinski definition) is 4. The fourth-order valence-electron chi connectivity index (χ4n) is 3.77. The Labute approximate surface area is 149 Å². The molecule has 0 bridgehead atoms. The van der Waals surface area contributed by atoms with Gasteiger partial charge in [0.15, 0.2) is 0 Å². The topological polar surface area (TPSA) is 107 Å². The van der Waals surface area contributed by atoms with E-state index in [4.69, 9.17) is 11.6 Å². The summed E-state index contributed by atoms with van der Waals surface area (Å²) < 4.78 is 0. The first-order chi connectivity index (χ1) is 11.8. The third-order valence-corrected chi connectivity index (χ3v) is 5.47. The van der Waals surface area contributed by atoms with E-state index in [9.17, 15) is 24.6 Å². The van der Waals surface area contributed by atoms with Gasteiger partial charge in [0.1, 0.15) is 0 Å². The molecule has 3 rings (SSSR count). The first-order valence-corrected chi connectivity index (χ1v) is 8.37. The minimum absolute atomic E-state index is 0.00464. The number of rotatable bonds is 7. The van der Waals surface area contributed by atoms with Crippen LogP contribution in [0.5, 0.6) is 0 Å². The Balaban J connectivity index is 1.48. The van der Waals surface area contributed by atoms with Crippen LogP contribution in [0.4, 0.5) is 0 Å². The molecule has 8 heteroatoms. The van der Waals surface area contributed by atoms with E-state index in [1.807, 2.05) is 12.1 Å². The van der Waals surface area contributed by atoms with Crippen LogP contribution < -0.4 is 5.32 Å². The average Bonchev–Trinajstić information content (AvgIpc) is 3.09. The number of carboxylic acid groups (broad SMARTS) is 2. The molecule has 1 aliphatic heterocycles. The molecule has 1 saturated carbocycles. The number of carbonyl (C=O) groups is 3. The smallest absolute Gasteiger partial charge is 0.312 e. The summed E-state index contributed by atoms with van der Waals surface area (Å²) in [6.07, 6.45) is 0.792. The summed E-state index contributed by atoms with van der Waals surface area (Å²) >= 11 is 5.81. The van der Waals surface area contributed by atoms with Gasteiger partial charge in [-0.2, -0.15) is 0 Å². The molecule has 2 atom stereocenters. The second-order valence-corrected chi connectivity index (χ2v) is 7.26. The molecule has 0 aromatic heterocycles. The van der Waals surface area contributed by atoms with E-state index in [1.54, 1.807) is 17.0 Å². The number of carbonyl (C=O) groups excluding carboxylic acids is 1. The number of fused-ring (bicyclic) bond motifs is 1. The maximum Gasteiger partial charge on any atom is 0.312 e. The number of benzene rings is 1. The van der Waals surface area contributed by atoms with Gasteiger partial charge in [0.25, 0.3) is 0 Å². The number of halogens is 1. The summed E-state index contributed by atoms with van der Waals surface area (Å²) in [6.45, 7) is 0.644. The Kier molecular flexibility index (Phi) is 4.47. The zero-order chi connectivity index (χ0) is 18.2. The van der Waals surface area contributed by atoms with Crippen molar-refractivity contribution in [2.24, 2.45) is 10.8 Å². The quantitative estimate of drug-likeness (QED) is 0.660. The van der Waals surface area contributed by atoms with Gasteiger partial charge in [-0.25, -0.2) is 0 Å². The summed E-state index contributed by atoms with van der Waals surface area (Å²) in [5.74, 6) is -2.43. The molecule has 0 spiro atoms. The monoisotopic (exact) mass is 366 g/mol. The van der Waals surface area contributed by atoms with Crippen molar-refractivity contribution in [2.75, 3.05) is 26.2 Å². The molecule has 2 fully saturated rings. The molecule has 1 aromatic rings. The Bertz CT molecular complexity index is 694. The van der Waals surface area contributed by atoms with Gasteiger partial charge in [0.2, 0.25) is 5.91 Å². The van der Waals surface area contributed by atoms with E-state index >= 15 is 0 Å². The fourth-order valence-corrected chi connectivity index (χ4v) is 3.89. The maximum atomic E-state index is 12.0. The third kappa shape index (κ3) is 3.09. The van der Waals surface area contributed by atoms with Crippen LogP contribution in [0.2, 0.25) is 5.02 Å². The Hall–Kier alpha value is -2.12. The molecule has 134 valence electrons. The minimum atomic E-state index is -1.25. The highest BCUT2D eigenvalue weighted by Crippen LogP contribution is 2.68. The SMILES string of the molecule is O=C(CN1C[C@@]2(C(=O)O)C[C@@]2(C(=O)O)C1)NCCc1ccc(Cl)cc1. The second kappa shape index (κ2) is 6.31. The Morgan fingerprint density at radius 3 is 2.16 bits per heavy atom. The molecule has 1 amide bonds. The first kappa shape index (κ1) is 17.7. The van der Waals surface area contributed by atoms with Gasteiger partial charge < -0.3 is 15.5 Å². The fraction of sp³-hybridized carbons (Fsp3) is 0.471.